The van der Waals surface area contributed by atoms with Crippen molar-refractivity contribution < 1.29 is 17.9 Å². The van der Waals surface area contributed by atoms with Crippen molar-refractivity contribution in [2.75, 3.05) is 25.0 Å². The molecule has 33 heavy (non-hydrogen) atoms. The van der Waals surface area contributed by atoms with E-state index in [0.717, 1.165) is 25.7 Å². The molecule has 0 aliphatic rings. The van der Waals surface area contributed by atoms with Gasteiger partial charge in [0.25, 0.3) is 5.91 Å². The van der Waals surface area contributed by atoms with Gasteiger partial charge in [-0.15, -0.1) is 0 Å². The van der Waals surface area contributed by atoms with Gasteiger partial charge >= 0.3 is 0 Å². The molecule has 1 amide bonds. The van der Waals surface area contributed by atoms with Crippen molar-refractivity contribution in [2.24, 2.45) is 0 Å². The number of benzene rings is 2. The van der Waals surface area contributed by atoms with Crippen molar-refractivity contribution >= 4 is 38.9 Å². The van der Waals surface area contributed by atoms with E-state index in [1.807, 2.05) is 13.8 Å². The van der Waals surface area contributed by atoms with Gasteiger partial charge in [-0.2, -0.15) is 4.31 Å². The first kappa shape index (κ1) is 26.8. The van der Waals surface area contributed by atoms with Gasteiger partial charge in [0.1, 0.15) is 5.75 Å². The number of nitrogens with one attached hydrogen (secondary N) is 2. The molecular weight excluding hydrogens is 458 g/mol. The topological polar surface area (TPSA) is 87.7 Å². The van der Waals surface area contributed by atoms with Crippen molar-refractivity contribution in [1.82, 2.24) is 9.62 Å². The average Bonchev–Trinajstić information content (AvgIpc) is 2.79. The first-order chi connectivity index (χ1) is 15.8. The molecule has 2 aromatic rings. The summed E-state index contributed by atoms with van der Waals surface area (Å²) >= 11 is 5.25. The highest BCUT2D eigenvalue weighted by molar-refractivity contribution is 7.89. The maximum atomic E-state index is 12.9. The summed E-state index contributed by atoms with van der Waals surface area (Å²) < 4.78 is 32.9. The molecule has 9 heteroatoms. The van der Waals surface area contributed by atoms with Crippen LogP contribution in [0.5, 0.6) is 5.75 Å². The quantitative estimate of drug-likeness (QED) is 0.327. The average molecular weight is 492 g/mol. The van der Waals surface area contributed by atoms with Crippen LogP contribution in [-0.2, 0) is 10.0 Å². The van der Waals surface area contributed by atoms with E-state index in [9.17, 15) is 13.2 Å². The number of anilines is 1. The van der Waals surface area contributed by atoms with Crippen molar-refractivity contribution in [2.45, 2.75) is 51.3 Å². The predicted octanol–water partition coefficient (Wildman–Crippen LogP) is 4.80. The third kappa shape index (κ3) is 8.10. The number of hydrogen-bond donors (Lipinski definition) is 2. The van der Waals surface area contributed by atoms with Gasteiger partial charge in [-0.1, -0.05) is 33.3 Å². The Balaban J connectivity index is 1.99. The highest BCUT2D eigenvalue weighted by Gasteiger charge is 2.22. The number of hydrogen-bond acceptors (Lipinski definition) is 5. The maximum Gasteiger partial charge on any atom is 0.257 e. The summed E-state index contributed by atoms with van der Waals surface area (Å²) in [5, 5.41) is 5.67. The number of nitrogens with zero attached hydrogens (tertiary/aromatic N) is 1. The number of sulfonamides is 1. The molecule has 2 N–H and O–H groups in total. The minimum atomic E-state index is -3.55. The third-order valence-corrected chi connectivity index (χ3v) is 6.90. The molecule has 2 rings (SSSR count). The SMILES string of the molecule is CCCCOc1cccc(C(=O)NC(=S)Nc2ccc(S(=O)(=O)N(CCC)CCC)cc2)c1. The molecule has 0 saturated carbocycles. The summed E-state index contributed by atoms with van der Waals surface area (Å²) in [6.45, 7) is 7.56. The zero-order valence-corrected chi connectivity index (χ0v) is 21.1. The van der Waals surface area contributed by atoms with Crippen LogP contribution in [0.15, 0.2) is 53.4 Å². The lowest BCUT2D eigenvalue weighted by Gasteiger charge is -2.21. The fourth-order valence-electron chi connectivity index (χ4n) is 3.11. The zero-order chi connectivity index (χ0) is 24.3. The van der Waals surface area contributed by atoms with E-state index in [2.05, 4.69) is 17.6 Å². The fourth-order valence-corrected chi connectivity index (χ4v) is 4.94. The van der Waals surface area contributed by atoms with Crippen LogP contribution in [0.4, 0.5) is 5.69 Å². The van der Waals surface area contributed by atoms with Gasteiger partial charge in [0.05, 0.1) is 11.5 Å². The Kier molecular flexibility index (Phi) is 10.8. The Morgan fingerprint density at radius 1 is 1.00 bits per heavy atom. The van der Waals surface area contributed by atoms with E-state index in [0.29, 0.717) is 36.7 Å². The molecule has 0 spiro atoms. The Morgan fingerprint density at radius 2 is 1.67 bits per heavy atom. The van der Waals surface area contributed by atoms with E-state index in [-0.39, 0.29) is 15.9 Å². The molecule has 180 valence electrons. The second-order valence-electron chi connectivity index (χ2n) is 7.57. The summed E-state index contributed by atoms with van der Waals surface area (Å²) in [5.41, 5.74) is 1.01. The van der Waals surface area contributed by atoms with E-state index in [1.165, 1.54) is 16.4 Å². The lowest BCUT2D eigenvalue weighted by molar-refractivity contribution is 0.0977. The molecule has 0 radical (unpaired) electrons. The molecule has 0 aliphatic carbocycles. The summed E-state index contributed by atoms with van der Waals surface area (Å²) in [7, 11) is -3.55. The minimum absolute atomic E-state index is 0.117. The first-order valence-electron chi connectivity index (χ1n) is 11.3. The molecule has 0 unspecified atom stereocenters. The van der Waals surface area contributed by atoms with Crippen molar-refractivity contribution in [3.05, 3.63) is 54.1 Å². The normalized spacial score (nSPS) is 11.3. The predicted molar refractivity (Wildman–Crippen MR) is 136 cm³/mol. The molecule has 0 aliphatic heterocycles. The molecule has 0 fully saturated rings. The molecule has 0 bridgehead atoms. The van der Waals surface area contributed by atoms with Crippen LogP contribution in [0, 0.1) is 0 Å². The second kappa shape index (κ2) is 13.3. The van der Waals surface area contributed by atoms with Gasteiger partial charge in [-0.25, -0.2) is 8.42 Å². The summed E-state index contributed by atoms with van der Waals surface area (Å²) in [6, 6.07) is 13.3. The Morgan fingerprint density at radius 3 is 2.27 bits per heavy atom. The number of thiocarbonyl (C=S) groups is 1. The molecule has 0 saturated heterocycles. The van der Waals surface area contributed by atoms with Crippen LogP contribution in [0.25, 0.3) is 0 Å². The fraction of sp³-hybridized carbons (Fsp3) is 0.417. The summed E-state index contributed by atoms with van der Waals surface area (Å²) in [6.07, 6.45) is 3.48. The van der Waals surface area contributed by atoms with Crippen molar-refractivity contribution in [3.8, 4) is 5.75 Å². The monoisotopic (exact) mass is 491 g/mol. The number of rotatable bonds is 12. The van der Waals surface area contributed by atoms with Crippen molar-refractivity contribution in [1.29, 1.82) is 0 Å². The van der Waals surface area contributed by atoms with Crippen molar-refractivity contribution in [3.63, 3.8) is 0 Å². The maximum absolute atomic E-state index is 12.9. The van der Waals surface area contributed by atoms with Crippen LogP contribution in [0.3, 0.4) is 0 Å². The zero-order valence-electron chi connectivity index (χ0n) is 19.5. The second-order valence-corrected chi connectivity index (χ2v) is 9.91. The molecule has 7 nitrogen and oxygen atoms in total. The number of carbonyl (C=O) groups is 1. The molecular formula is C24H33N3O4S2. The summed E-state index contributed by atoms with van der Waals surface area (Å²) in [5.74, 6) is 0.273. The smallest absolute Gasteiger partial charge is 0.257 e. The van der Waals surface area contributed by atoms with E-state index < -0.39 is 10.0 Å². The van der Waals surface area contributed by atoms with Crippen LogP contribution in [0.2, 0.25) is 0 Å². The van der Waals surface area contributed by atoms with Crippen LogP contribution >= 0.6 is 12.2 Å². The number of carbonyl (C=O) groups excluding carboxylic acids is 1. The van der Waals surface area contributed by atoms with Crippen LogP contribution in [-0.4, -0.2) is 43.4 Å². The Labute approximate surface area is 202 Å². The van der Waals surface area contributed by atoms with Gasteiger partial charge < -0.3 is 10.1 Å². The Bertz CT molecular complexity index is 1020. The Hall–Kier alpha value is -2.49. The standard InChI is InChI=1S/C24H33N3O4S2/c1-4-7-17-31-21-10-8-9-19(18-21)23(28)26-24(32)25-20-11-13-22(14-12-20)33(29,30)27(15-5-2)16-6-3/h8-14,18H,4-7,15-17H2,1-3H3,(H2,25,26,28,32). The molecule has 2 aromatic carbocycles. The molecule has 0 heterocycles. The van der Waals surface area contributed by atoms with E-state index in [4.69, 9.17) is 17.0 Å². The number of unbranched alkanes of at least 4 members (excludes halogenated alkanes) is 1. The highest BCUT2D eigenvalue weighted by atomic mass is 32.2. The van der Waals surface area contributed by atoms with Gasteiger partial charge in [-0.3, -0.25) is 10.1 Å². The third-order valence-electron chi connectivity index (χ3n) is 4.79. The lowest BCUT2D eigenvalue weighted by atomic mass is 10.2. The van der Waals surface area contributed by atoms with E-state index in [1.54, 1.807) is 36.4 Å². The number of amides is 1. The highest BCUT2D eigenvalue weighted by Crippen LogP contribution is 2.19. The van der Waals surface area contributed by atoms with Crippen LogP contribution in [0.1, 0.15) is 56.8 Å². The minimum Gasteiger partial charge on any atom is -0.494 e. The first-order valence-corrected chi connectivity index (χ1v) is 13.1. The van der Waals surface area contributed by atoms with Gasteiger partial charge in [-0.05, 0) is 73.9 Å². The largest absolute Gasteiger partial charge is 0.494 e. The molecule has 0 atom stereocenters. The molecule has 0 aromatic heterocycles. The van der Waals surface area contributed by atoms with E-state index >= 15 is 0 Å². The van der Waals surface area contributed by atoms with Crippen LogP contribution < -0.4 is 15.4 Å². The van der Waals surface area contributed by atoms with Gasteiger partial charge in [0.15, 0.2) is 5.11 Å². The lowest BCUT2D eigenvalue weighted by Crippen LogP contribution is -2.34. The van der Waals surface area contributed by atoms with Gasteiger partial charge in [0.2, 0.25) is 10.0 Å². The van der Waals surface area contributed by atoms with Gasteiger partial charge in [0, 0.05) is 24.3 Å². The number of ether oxygens (including phenoxy) is 1. The summed E-state index contributed by atoms with van der Waals surface area (Å²) in [4.78, 5) is 12.8.